The lowest BCUT2D eigenvalue weighted by Crippen LogP contribution is -2.62. The van der Waals surface area contributed by atoms with Gasteiger partial charge in [-0.25, -0.2) is 15.2 Å². The number of rotatable bonds is 9. The van der Waals surface area contributed by atoms with Crippen molar-refractivity contribution in [2.75, 3.05) is 47.5 Å². The molecule has 3 aromatic heterocycles. The van der Waals surface area contributed by atoms with Crippen LogP contribution in [-0.4, -0.2) is 125 Å². The number of thiazole rings is 1. The number of pyridine rings is 1. The predicted octanol–water partition coefficient (Wildman–Crippen LogP) is 5.91. The molecule has 2 fully saturated rings. The van der Waals surface area contributed by atoms with Gasteiger partial charge in [0.1, 0.15) is 23.8 Å². The number of carbonyl (C=O) groups excluding carboxylic acids is 5. The average molecular weight is 917 g/mol. The summed E-state index contributed by atoms with van der Waals surface area (Å²) in [4.78, 5) is 81.2. The van der Waals surface area contributed by atoms with Gasteiger partial charge in [0.25, 0.3) is 5.91 Å². The minimum Gasteiger partial charge on any atom is -0.464 e. The van der Waals surface area contributed by atoms with E-state index in [1.807, 2.05) is 51.1 Å². The molecule has 0 saturated carbocycles. The van der Waals surface area contributed by atoms with E-state index in [0.29, 0.717) is 44.3 Å². The number of benzene rings is 1. The number of ether oxygens (including phenoxy) is 3. The molecular weight excluding hydrogens is 856 g/mol. The van der Waals surface area contributed by atoms with E-state index in [-0.39, 0.29) is 54.7 Å². The Hall–Kier alpha value is -5.46. The number of nitrogens with zero attached hydrogens (tertiary/aromatic N) is 6. The Morgan fingerprint density at radius 1 is 1.12 bits per heavy atom. The fourth-order valence-corrected chi connectivity index (χ4v) is 10.3. The fraction of sp³-hybridized carbons (Fsp3) is 0.553. The Labute approximate surface area is 383 Å². The molecule has 16 nitrogen and oxygen atoms in total. The van der Waals surface area contributed by atoms with Crippen molar-refractivity contribution in [3.63, 3.8) is 0 Å². The largest absolute Gasteiger partial charge is 0.464 e. The molecule has 3 aliphatic heterocycles. The van der Waals surface area contributed by atoms with Crippen molar-refractivity contribution in [2.24, 2.45) is 17.3 Å². The zero-order chi connectivity index (χ0) is 46.9. The molecule has 5 atom stereocenters. The number of hydrazine groups is 1. The molecule has 65 heavy (non-hydrogen) atoms. The highest BCUT2D eigenvalue weighted by Gasteiger charge is 2.41. The van der Waals surface area contributed by atoms with Crippen LogP contribution in [0.2, 0.25) is 0 Å². The molecule has 350 valence electrons. The number of esters is 1. The Bertz CT molecular complexity index is 2450. The highest BCUT2D eigenvalue weighted by molar-refractivity contribution is 7.10. The van der Waals surface area contributed by atoms with E-state index in [1.165, 1.54) is 21.9 Å². The number of hydrogen-bond donors (Lipinski definition) is 2. The summed E-state index contributed by atoms with van der Waals surface area (Å²) in [6.45, 7) is 13.1. The summed E-state index contributed by atoms with van der Waals surface area (Å²) in [6, 6.07) is 6.58. The van der Waals surface area contributed by atoms with Crippen LogP contribution in [0.15, 0.2) is 36.5 Å². The highest BCUT2D eigenvalue weighted by Crippen LogP contribution is 2.42. The van der Waals surface area contributed by atoms with Crippen molar-refractivity contribution in [2.45, 2.75) is 104 Å². The van der Waals surface area contributed by atoms with Crippen LogP contribution in [0.25, 0.3) is 33.4 Å². The van der Waals surface area contributed by atoms with Crippen LogP contribution in [0, 0.1) is 22.4 Å². The van der Waals surface area contributed by atoms with Crippen molar-refractivity contribution >= 4 is 52.0 Å². The first-order valence-corrected chi connectivity index (χ1v) is 23.2. The highest BCUT2D eigenvalue weighted by atomic mass is 32.1. The number of likely N-dealkylation sites (N-methyl/N-ethyl adjacent to an activating group) is 1. The van der Waals surface area contributed by atoms with Crippen molar-refractivity contribution in [1.82, 2.24) is 40.1 Å². The molecule has 0 radical (unpaired) electrons. The van der Waals surface area contributed by atoms with Gasteiger partial charge in [-0.1, -0.05) is 45.1 Å². The van der Waals surface area contributed by atoms with Crippen molar-refractivity contribution in [3.05, 3.63) is 57.9 Å². The summed E-state index contributed by atoms with van der Waals surface area (Å²) in [5.74, 6) is -2.89. The van der Waals surface area contributed by atoms with Gasteiger partial charge in [0, 0.05) is 80.4 Å². The first-order chi connectivity index (χ1) is 31.0. The first-order valence-electron chi connectivity index (χ1n) is 22.4. The maximum Gasteiger partial charge on any atom is 0.409 e. The molecule has 3 aliphatic rings. The quantitative estimate of drug-likeness (QED) is 0.191. The number of fused-ring (bicyclic) bond motifs is 6. The molecule has 4 aromatic rings. The Morgan fingerprint density at radius 2 is 1.89 bits per heavy atom. The number of amides is 4. The van der Waals surface area contributed by atoms with Crippen LogP contribution >= 0.6 is 11.3 Å². The first kappa shape index (κ1) is 47.5. The third-order valence-corrected chi connectivity index (χ3v) is 13.7. The van der Waals surface area contributed by atoms with Crippen LogP contribution in [0.1, 0.15) is 83.2 Å². The van der Waals surface area contributed by atoms with Crippen LogP contribution in [0.3, 0.4) is 0 Å². The average Bonchev–Trinajstić information content (AvgIpc) is 4.02. The Morgan fingerprint density at radius 3 is 2.60 bits per heavy atom. The van der Waals surface area contributed by atoms with Crippen LogP contribution in [0.5, 0.6) is 0 Å². The monoisotopic (exact) mass is 916 g/mol. The molecule has 0 unspecified atom stereocenters. The zero-order valence-corrected chi connectivity index (χ0v) is 39.6. The van der Waals surface area contributed by atoms with Crippen molar-refractivity contribution in [3.8, 4) is 22.5 Å². The lowest BCUT2D eigenvalue weighted by atomic mass is 9.84. The van der Waals surface area contributed by atoms with Gasteiger partial charge in [-0.2, -0.15) is 4.39 Å². The zero-order valence-electron chi connectivity index (χ0n) is 38.7. The van der Waals surface area contributed by atoms with Gasteiger partial charge < -0.3 is 33.9 Å². The SMILES string of the molecule is CCn1c(-c2cccnc2[C@H](C)OC)c2c3cc(ccc31)-c1nc(sc1F)C[C@H](NC(=O)[C@H](C(C)C)N(C)C(=O)[C@H]1CCN(C(=O)OC)C1)C(=O)N1CCC[C@H](N1)C(=O)OCC(C)(C)C2. The summed E-state index contributed by atoms with van der Waals surface area (Å²) in [5.41, 5.74) is 7.65. The molecule has 4 amide bonds. The summed E-state index contributed by atoms with van der Waals surface area (Å²) in [6.07, 6.45) is 2.52. The number of cyclic esters (lactones) is 1. The third-order valence-electron chi connectivity index (χ3n) is 12.8. The number of hydrogen-bond acceptors (Lipinski definition) is 12. The van der Waals surface area contributed by atoms with E-state index in [2.05, 4.69) is 22.2 Å². The van der Waals surface area contributed by atoms with Gasteiger partial charge in [0.05, 0.1) is 42.1 Å². The third kappa shape index (κ3) is 9.75. The standard InChI is InChI=1S/C47H61FN8O8S/c1-10-55-35-16-15-28-21-31(35)32(40(55)30-13-11-18-49-37(30)27(4)62-8)23-47(5,6)25-64-45(60)33-14-12-19-56(52-33)44(59)34(22-36-51-38(28)41(48)65-36)50-42(57)39(26(2)3)53(7)43(58)29-17-20-54(24-29)46(61)63-9/h11,13,15-16,18,21,26-27,29,33-34,39,52H,10,12,14,17,19-20,22-25H2,1-9H3,(H,50,57)/t27-,29-,33-,34-,39-/m0/s1. The molecule has 2 N–H and O–H groups in total. The molecule has 6 bridgehead atoms. The normalized spacial score (nSPS) is 21.2. The molecule has 0 spiro atoms. The number of aromatic nitrogens is 3. The van der Waals surface area contributed by atoms with Gasteiger partial charge in [0.2, 0.25) is 16.9 Å². The molecule has 0 aliphatic carbocycles. The second kappa shape index (κ2) is 19.6. The molecule has 2 saturated heterocycles. The molecule has 18 heteroatoms. The number of nitrogens with one attached hydrogen (secondary N) is 2. The van der Waals surface area contributed by atoms with E-state index in [4.69, 9.17) is 24.2 Å². The summed E-state index contributed by atoms with van der Waals surface area (Å²) in [7, 11) is 4.47. The minimum atomic E-state index is -1.26. The number of methoxy groups -OCH3 is 2. The predicted molar refractivity (Wildman–Crippen MR) is 243 cm³/mol. The van der Waals surface area contributed by atoms with Gasteiger partial charge in [-0.15, -0.1) is 0 Å². The van der Waals surface area contributed by atoms with Crippen LogP contribution in [-0.2, 0) is 52.8 Å². The maximum absolute atomic E-state index is 16.4. The molecule has 7 rings (SSSR count). The fourth-order valence-electron chi connectivity index (χ4n) is 9.49. The summed E-state index contributed by atoms with van der Waals surface area (Å²) >= 11 is 0.799. The maximum atomic E-state index is 16.4. The lowest BCUT2D eigenvalue weighted by molar-refractivity contribution is -0.155. The number of halogens is 1. The van der Waals surface area contributed by atoms with Crippen LogP contribution < -0.4 is 10.7 Å². The second-order valence-electron chi connectivity index (χ2n) is 18.4. The summed E-state index contributed by atoms with van der Waals surface area (Å²) < 4.78 is 35.3. The molecule has 1 aromatic carbocycles. The second-order valence-corrected chi connectivity index (χ2v) is 19.4. The van der Waals surface area contributed by atoms with Crippen molar-refractivity contribution in [1.29, 1.82) is 0 Å². The minimum absolute atomic E-state index is 0.0669. The van der Waals surface area contributed by atoms with E-state index < -0.39 is 58.5 Å². The molecular formula is C47H61FN8O8S. The topological polar surface area (TPSA) is 178 Å². The van der Waals surface area contributed by atoms with E-state index >= 15 is 4.39 Å². The summed E-state index contributed by atoms with van der Waals surface area (Å²) in [5, 5.41) is 4.83. The van der Waals surface area contributed by atoms with E-state index in [9.17, 15) is 24.0 Å². The van der Waals surface area contributed by atoms with Gasteiger partial charge in [-0.3, -0.25) is 29.2 Å². The van der Waals surface area contributed by atoms with Gasteiger partial charge in [0.15, 0.2) is 0 Å². The van der Waals surface area contributed by atoms with E-state index in [1.54, 1.807) is 34.2 Å². The smallest absolute Gasteiger partial charge is 0.409 e. The number of carbonyl (C=O) groups is 5. The van der Waals surface area contributed by atoms with Gasteiger partial charge in [-0.05, 0) is 75.3 Å². The Balaban J connectivity index is 1.29. The van der Waals surface area contributed by atoms with Gasteiger partial charge >= 0.3 is 12.1 Å². The van der Waals surface area contributed by atoms with E-state index in [0.717, 1.165) is 44.8 Å². The lowest BCUT2D eigenvalue weighted by Gasteiger charge is -2.36. The number of likely N-dealkylation sites (tertiary alicyclic amines) is 1. The number of aryl methyl sites for hydroxylation is 1. The van der Waals surface area contributed by atoms with Crippen molar-refractivity contribution < 1.29 is 42.6 Å². The Kier molecular flexibility index (Phi) is 14.3. The van der Waals surface area contributed by atoms with Crippen LogP contribution in [0.4, 0.5) is 9.18 Å². The molecule has 6 heterocycles.